The van der Waals surface area contributed by atoms with Crippen LogP contribution in [0.2, 0.25) is 10.0 Å². The van der Waals surface area contributed by atoms with Crippen LogP contribution in [0.3, 0.4) is 0 Å². The predicted octanol–water partition coefficient (Wildman–Crippen LogP) is 4.77. The van der Waals surface area contributed by atoms with Gasteiger partial charge in [-0.25, -0.2) is 0 Å². The van der Waals surface area contributed by atoms with Crippen LogP contribution >= 0.6 is 23.2 Å². The lowest BCUT2D eigenvalue weighted by Crippen LogP contribution is -2.32. The summed E-state index contributed by atoms with van der Waals surface area (Å²) in [6.07, 6.45) is 0.680. The Morgan fingerprint density at radius 1 is 1.12 bits per heavy atom. The maximum absolute atomic E-state index is 13.0. The molecule has 1 atom stereocenters. The predicted molar refractivity (Wildman–Crippen MR) is 126 cm³/mol. The highest BCUT2D eigenvalue weighted by Gasteiger charge is 2.45. The monoisotopic (exact) mass is 476 g/mol. The zero-order chi connectivity index (χ0) is 23.4. The fourth-order valence-corrected chi connectivity index (χ4v) is 4.10. The molecule has 0 radical (unpaired) electrons. The van der Waals surface area contributed by atoms with Crippen molar-refractivity contribution in [3.8, 4) is 5.75 Å². The number of amides is 1. The average molecular weight is 477 g/mol. The summed E-state index contributed by atoms with van der Waals surface area (Å²) in [4.78, 5) is 29.5. The summed E-state index contributed by atoms with van der Waals surface area (Å²) >= 11 is 12.3. The Hall–Kier alpha value is -2.54. The Morgan fingerprint density at radius 2 is 1.81 bits per heavy atom. The molecule has 2 aromatic rings. The fourth-order valence-electron chi connectivity index (χ4n) is 3.74. The van der Waals surface area contributed by atoms with Crippen molar-refractivity contribution in [1.82, 2.24) is 9.80 Å². The summed E-state index contributed by atoms with van der Waals surface area (Å²) in [6.45, 7) is 3.41. The first-order valence-corrected chi connectivity index (χ1v) is 11.1. The third kappa shape index (κ3) is 5.09. The lowest BCUT2D eigenvalue weighted by molar-refractivity contribution is -0.139. The molecule has 1 saturated heterocycles. The van der Waals surface area contributed by atoms with Crippen LogP contribution in [0, 0.1) is 0 Å². The second kappa shape index (κ2) is 10.4. The van der Waals surface area contributed by atoms with E-state index >= 15 is 0 Å². The molecule has 1 N–H and O–H groups in total. The highest BCUT2D eigenvalue weighted by Crippen LogP contribution is 2.40. The van der Waals surface area contributed by atoms with Crippen molar-refractivity contribution in [3.05, 3.63) is 69.2 Å². The second-order valence-corrected chi connectivity index (χ2v) is 8.62. The number of hydrogen-bond donors (Lipinski definition) is 1. The van der Waals surface area contributed by atoms with Gasteiger partial charge in [-0.3, -0.25) is 9.59 Å². The molecule has 0 bridgehead atoms. The first-order chi connectivity index (χ1) is 15.2. The van der Waals surface area contributed by atoms with Crippen LogP contribution in [0.4, 0.5) is 0 Å². The van der Waals surface area contributed by atoms with Gasteiger partial charge in [-0.1, -0.05) is 35.3 Å². The number of Topliss-reactive ketones (excluding diaryl/α,β-unsaturated/α-hetero) is 1. The first-order valence-electron chi connectivity index (χ1n) is 10.4. The molecular weight excluding hydrogens is 451 g/mol. The molecular formula is C24H26Cl2N2O4. The number of nitrogens with zero attached hydrogens (tertiary/aromatic N) is 2. The number of aliphatic hydroxyl groups is 1. The second-order valence-electron chi connectivity index (χ2n) is 7.78. The van der Waals surface area contributed by atoms with E-state index in [2.05, 4.69) is 0 Å². The minimum atomic E-state index is -0.725. The van der Waals surface area contributed by atoms with Gasteiger partial charge in [-0.15, -0.1) is 0 Å². The van der Waals surface area contributed by atoms with Gasteiger partial charge in [0.2, 0.25) is 0 Å². The molecule has 170 valence electrons. The SMILES string of the molecule is CCOc1ccc(C(O)=C2C(=O)C(=O)N(CCCN(C)C)[C@@H]2c2ccc(Cl)cc2)cc1Cl. The quantitative estimate of drug-likeness (QED) is 0.337. The van der Waals surface area contributed by atoms with Crippen LogP contribution in [0.15, 0.2) is 48.0 Å². The zero-order valence-electron chi connectivity index (χ0n) is 18.3. The van der Waals surface area contributed by atoms with Crippen molar-refractivity contribution >= 4 is 40.7 Å². The van der Waals surface area contributed by atoms with Crippen molar-refractivity contribution in [3.63, 3.8) is 0 Å². The van der Waals surface area contributed by atoms with Crippen LogP contribution in [0.1, 0.15) is 30.5 Å². The first kappa shape index (κ1) is 24.1. The third-order valence-corrected chi connectivity index (χ3v) is 5.78. The lowest BCUT2D eigenvalue weighted by Gasteiger charge is -2.26. The van der Waals surface area contributed by atoms with E-state index in [4.69, 9.17) is 27.9 Å². The van der Waals surface area contributed by atoms with E-state index in [0.29, 0.717) is 46.5 Å². The topological polar surface area (TPSA) is 70.1 Å². The highest BCUT2D eigenvalue weighted by molar-refractivity contribution is 6.46. The van der Waals surface area contributed by atoms with Gasteiger partial charge in [0.25, 0.3) is 11.7 Å². The molecule has 0 unspecified atom stereocenters. The third-order valence-electron chi connectivity index (χ3n) is 5.24. The van der Waals surface area contributed by atoms with Crippen LogP contribution in [0.5, 0.6) is 5.75 Å². The van der Waals surface area contributed by atoms with Crippen LogP contribution < -0.4 is 4.74 Å². The number of rotatable bonds is 8. The van der Waals surface area contributed by atoms with Gasteiger partial charge in [-0.2, -0.15) is 0 Å². The summed E-state index contributed by atoms with van der Waals surface area (Å²) in [6, 6.07) is 11.0. The van der Waals surface area contributed by atoms with Crippen LogP contribution in [0.25, 0.3) is 5.76 Å². The van der Waals surface area contributed by atoms with Gasteiger partial charge in [-0.05, 0) is 69.9 Å². The van der Waals surface area contributed by atoms with E-state index in [1.54, 1.807) is 36.4 Å². The Morgan fingerprint density at radius 3 is 2.41 bits per heavy atom. The molecule has 3 rings (SSSR count). The van der Waals surface area contributed by atoms with Crippen molar-refractivity contribution in [1.29, 1.82) is 0 Å². The number of hydrogen-bond acceptors (Lipinski definition) is 5. The molecule has 0 aliphatic carbocycles. The number of carbonyl (C=O) groups is 2. The highest BCUT2D eigenvalue weighted by atomic mass is 35.5. The van der Waals surface area contributed by atoms with E-state index in [1.165, 1.54) is 11.0 Å². The van der Waals surface area contributed by atoms with Gasteiger partial charge in [0, 0.05) is 17.1 Å². The van der Waals surface area contributed by atoms with Gasteiger partial charge in [0.05, 0.1) is 23.2 Å². The van der Waals surface area contributed by atoms with Gasteiger partial charge in [0.15, 0.2) is 0 Å². The molecule has 1 heterocycles. The number of likely N-dealkylation sites (tertiary alicyclic amines) is 1. The van der Waals surface area contributed by atoms with E-state index < -0.39 is 17.7 Å². The molecule has 0 aromatic heterocycles. The maximum Gasteiger partial charge on any atom is 0.295 e. The number of ketones is 1. The van der Waals surface area contributed by atoms with E-state index in [9.17, 15) is 14.7 Å². The number of halogens is 2. The Labute approximate surface area is 198 Å². The molecule has 8 heteroatoms. The van der Waals surface area contributed by atoms with Gasteiger partial charge in [0.1, 0.15) is 11.5 Å². The van der Waals surface area contributed by atoms with Crippen molar-refractivity contribution in [2.45, 2.75) is 19.4 Å². The molecule has 0 saturated carbocycles. The van der Waals surface area contributed by atoms with Gasteiger partial charge < -0.3 is 19.6 Å². The summed E-state index contributed by atoms with van der Waals surface area (Å²) in [5.74, 6) is -1.16. The summed E-state index contributed by atoms with van der Waals surface area (Å²) in [5, 5.41) is 12.0. The Kier molecular flexibility index (Phi) is 7.82. The van der Waals surface area contributed by atoms with E-state index in [-0.39, 0.29) is 11.3 Å². The molecule has 1 aliphatic rings. The Balaban J connectivity index is 2.08. The zero-order valence-corrected chi connectivity index (χ0v) is 19.8. The van der Waals surface area contributed by atoms with Crippen LogP contribution in [-0.4, -0.2) is 60.4 Å². The molecule has 1 fully saturated rings. The smallest absolute Gasteiger partial charge is 0.295 e. The largest absolute Gasteiger partial charge is 0.507 e. The molecule has 2 aromatic carbocycles. The number of ether oxygens (including phenoxy) is 1. The van der Waals surface area contributed by atoms with Gasteiger partial charge >= 0.3 is 0 Å². The van der Waals surface area contributed by atoms with E-state index in [1.807, 2.05) is 25.9 Å². The minimum absolute atomic E-state index is 0.0300. The summed E-state index contributed by atoms with van der Waals surface area (Å²) in [7, 11) is 3.89. The van der Waals surface area contributed by atoms with Crippen molar-refractivity contribution < 1.29 is 19.4 Å². The molecule has 1 aliphatic heterocycles. The van der Waals surface area contributed by atoms with Crippen molar-refractivity contribution in [2.75, 3.05) is 33.8 Å². The lowest BCUT2D eigenvalue weighted by atomic mass is 9.95. The van der Waals surface area contributed by atoms with E-state index in [0.717, 1.165) is 6.54 Å². The molecule has 6 nitrogen and oxygen atoms in total. The summed E-state index contributed by atoms with van der Waals surface area (Å²) < 4.78 is 5.44. The van der Waals surface area contributed by atoms with Crippen LogP contribution in [-0.2, 0) is 9.59 Å². The molecule has 0 spiro atoms. The minimum Gasteiger partial charge on any atom is -0.507 e. The number of aliphatic hydroxyl groups excluding tert-OH is 1. The fraction of sp³-hybridized carbons (Fsp3) is 0.333. The molecule has 1 amide bonds. The maximum atomic E-state index is 13.0. The number of benzene rings is 2. The average Bonchev–Trinajstić information content (AvgIpc) is 3.00. The molecule has 32 heavy (non-hydrogen) atoms. The summed E-state index contributed by atoms with van der Waals surface area (Å²) in [5.41, 5.74) is 1.06. The standard InChI is InChI=1S/C24H26Cl2N2O4/c1-4-32-19-11-8-16(14-18(19)26)22(29)20-21(15-6-9-17(25)10-7-15)28(24(31)23(20)30)13-5-12-27(2)3/h6-11,14,21,29H,4-5,12-13H2,1-3H3/t21-/m1/s1. The number of carbonyl (C=O) groups excluding carboxylic acids is 2. The van der Waals surface area contributed by atoms with Crippen molar-refractivity contribution in [2.24, 2.45) is 0 Å². The Bertz CT molecular complexity index is 1030. The normalized spacial score (nSPS) is 17.9.